The Morgan fingerprint density at radius 3 is 2.93 bits per heavy atom. The molecule has 1 atom stereocenters. The number of nitrogen functional groups attached to an aromatic ring is 1. The molecule has 0 unspecified atom stereocenters. The molecule has 0 amide bonds. The molecule has 1 aliphatic rings. The van der Waals surface area contributed by atoms with Gasteiger partial charge in [0, 0.05) is 24.2 Å². The predicted molar refractivity (Wildman–Crippen MR) is 105 cm³/mol. The average molecular weight is 378 g/mol. The molecule has 3 N–H and O–H groups in total. The van der Waals surface area contributed by atoms with E-state index in [1.54, 1.807) is 24.4 Å². The molecular weight excluding hydrogens is 356 g/mol. The fourth-order valence-corrected chi connectivity index (χ4v) is 3.77. The summed E-state index contributed by atoms with van der Waals surface area (Å²) in [7, 11) is 0. The monoisotopic (exact) mass is 378 g/mol. The molecule has 0 saturated carbocycles. The molecule has 3 aromatic rings. The van der Waals surface area contributed by atoms with Crippen LogP contribution in [0, 0.1) is 0 Å². The number of rotatable bonds is 5. The second kappa shape index (κ2) is 7.82. The maximum atomic E-state index is 11.4. The molecule has 1 aliphatic heterocycles. The van der Waals surface area contributed by atoms with Crippen LogP contribution in [0.2, 0.25) is 0 Å². The minimum Gasteiger partial charge on any atom is -0.478 e. The van der Waals surface area contributed by atoms with Gasteiger partial charge in [-0.25, -0.2) is 14.8 Å². The second-order valence-corrected chi connectivity index (χ2v) is 7.03. The number of hydrogen-bond acceptors (Lipinski definition) is 6. The number of likely N-dealkylation sites (tertiary alicyclic amines) is 1. The Kier molecular flexibility index (Phi) is 5.08. The number of carbonyl (C=O) groups is 1. The minimum atomic E-state index is -0.962. The third-order valence-electron chi connectivity index (χ3n) is 5.08. The summed E-state index contributed by atoms with van der Waals surface area (Å²) >= 11 is 0. The van der Waals surface area contributed by atoms with E-state index in [1.165, 1.54) is 0 Å². The molecular formula is C21H22N4O3. The maximum Gasteiger partial charge on any atom is 0.336 e. The van der Waals surface area contributed by atoms with Crippen LogP contribution in [0.5, 0.6) is 0 Å². The molecule has 1 fully saturated rings. The summed E-state index contributed by atoms with van der Waals surface area (Å²) in [5, 5.41) is 9.38. The highest BCUT2D eigenvalue weighted by Crippen LogP contribution is 2.29. The van der Waals surface area contributed by atoms with E-state index in [9.17, 15) is 9.90 Å². The van der Waals surface area contributed by atoms with Crippen LogP contribution in [0.1, 0.15) is 40.6 Å². The van der Waals surface area contributed by atoms with Crippen molar-refractivity contribution in [1.29, 1.82) is 0 Å². The number of nitrogens with zero attached hydrogens (tertiary/aromatic N) is 3. The number of hydrogen-bond donors (Lipinski definition) is 2. The zero-order valence-electron chi connectivity index (χ0n) is 15.4. The highest BCUT2D eigenvalue weighted by molar-refractivity contribution is 5.95. The minimum absolute atomic E-state index is 0.239. The van der Waals surface area contributed by atoms with Crippen molar-refractivity contribution >= 4 is 11.9 Å². The van der Waals surface area contributed by atoms with Gasteiger partial charge in [-0.2, -0.15) is 0 Å². The van der Waals surface area contributed by atoms with Gasteiger partial charge in [0.1, 0.15) is 11.5 Å². The van der Waals surface area contributed by atoms with Crippen LogP contribution in [0.15, 0.2) is 53.1 Å². The maximum absolute atomic E-state index is 11.4. The van der Waals surface area contributed by atoms with Gasteiger partial charge < -0.3 is 15.3 Å². The molecule has 0 spiro atoms. The summed E-state index contributed by atoms with van der Waals surface area (Å²) in [5.41, 5.74) is 7.53. The van der Waals surface area contributed by atoms with Gasteiger partial charge in [-0.05, 0) is 43.7 Å². The highest BCUT2D eigenvalue weighted by atomic mass is 16.4. The van der Waals surface area contributed by atoms with Crippen molar-refractivity contribution in [2.75, 3.05) is 18.8 Å². The van der Waals surface area contributed by atoms with Crippen LogP contribution >= 0.6 is 0 Å². The van der Waals surface area contributed by atoms with E-state index in [0.29, 0.717) is 29.7 Å². The summed E-state index contributed by atoms with van der Waals surface area (Å²) in [6, 6.07) is 12.6. The summed E-state index contributed by atoms with van der Waals surface area (Å²) in [5.74, 6) is 1.06. The third-order valence-corrected chi connectivity index (χ3v) is 5.08. The van der Waals surface area contributed by atoms with Crippen LogP contribution in [0.25, 0.3) is 11.3 Å². The van der Waals surface area contributed by atoms with Gasteiger partial charge in [0.05, 0.1) is 17.8 Å². The molecule has 7 nitrogen and oxygen atoms in total. The van der Waals surface area contributed by atoms with Crippen LogP contribution < -0.4 is 5.73 Å². The highest BCUT2D eigenvalue weighted by Gasteiger charge is 2.23. The predicted octanol–water partition coefficient (Wildman–Crippen LogP) is 3.40. The lowest BCUT2D eigenvalue weighted by Crippen LogP contribution is -2.34. The first kappa shape index (κ1) is 18.2. The fraction of sp³-hybridized carbons (Fsp3) is 0.286. The molecule has 28 heavy (non-hydrogen) atoms. The second-order valence-electron chi connectivity index (χ2n) is 7.03. The quantitative estimate of drug-likeness (QED) is 0.701. The number of furan rings is 1. The van der Waals surface area contributed by atoms with Gasteiger partial charge in [0.15, 0.2) is 0 Å². The smallest absolute Gasteiger partial charge is 0.336 e. The largest absolute Gasteiger partial charge is 0.478 e. The van der Waals surface area contributed by atoms with Crippen molar-refractivity contribution in [2.24, 2.45) is 0 Å². The molecule has 0 radical (unpaired) electrons. The van der Waals surface area contributed by atoms with Crippen LogP contribution in [0.4, 0.5) is 5.95 Å². The Morgan fingerprint density at radius 2 is 2.11 bits per heavy atom. The van der Waals surface area contributed by atoms with E-state index in [2.05, 4.69) is 14.9 Å². The van der Waals surface area contributed by atoms with Crippen molar-refractivity contribution < 1.29 is 14.3 Å². The van der Waals surface area contributed by atoms with Crippen molar-refractivity contribution in [2.45, 2.75) is 25.3 Å². The SMILES string of the molecule is Nc1nccc([C@H]2CCCN(Cc3ccc(-c4ccccc4C(=O)O)o3)C2)n1. The molecule has 1 saturated heterocycles. The van der Waals surface area contributed by atoms with E-state index in [0.717, 1.165) is 37.4 Å². The normalized spacial score (nSPS) is 17.5. The zero-order valence-corrected chi connectivity index (χ0v) is 15.4. The first-order chi connectivity index (χ1) is 13.6. The van der Waals surface area contributed by atoms with Crippen molar-refractivity contribution in [3.05, 3.63) is 65.7 Å². The van der Waals surface area contributed by atoms with E-state index < -0.39 is 5.97 Å². The summed E-state index contributed by atoms with van der Waals surface area (Å²) < 4.78 is 5.97. The fourth-order valence-electron chi connectivity index (χ4n) is 3.77. The molecule has 7 heteroatoms. The van der Waals surface area contributed by atoms with Gasteiger partial charge in [-0.3, -0.25) is 4.90 Å². The lowest BCUT2D eigenvalue weighted by molar-refractivity contribution is 0.0697. The number of aromatic nitrogens is 2. The molecule has 3 heterocycles. The van der Waals surface area contributed by atoms with Crippen molar-refractivity contribution in [1.82, 2.24) is 14.9 Å². The lowest BCUT2D eigenvalue weighted by Gasteiger charge is -2.31. The number of anilines is 1. The molecule has 0 aliphatic carbocycles. The average Bonchev–Trinajstić information content (AvgIpc) is 3.16. The Hall–Kier alpha value is -3.19. The Labute approximate surface area is 162 Å². The van der Waals surface area contributed by atoms with E-state index in [4.69, 9.17) is 10.2 Å². The van der Waals surface area contributed by atoms with Gasteiger partial charge >= 0.3 is 5.97 Å². The molecule has 1 aromatic carbocycles. The Bertz CT molecular complexity index is 985. The number of piperidine rings is 1. The topological polar surface area (TPSA) is 105 Å². The zero-order chi connectivity index (χ0) is 19.5. The van der Waals surface area contributed by atoms with Crippen LogP contribution in [-0.2, 0) is 6.54 Å². The number of carboxylic acid groups (broad SMARTS) is 1. The summed E-state index contributed by atoms with van der Waals surface area (Å²) in [6.07, 6.45) is 3.85. The molecule has 0 bridgehead atoms. The standard InChI is InChI=1S/C21H22N4O3/c22-21-23-10-9-18(24-21)14-4-3-11-25(12-14)13-15-7-8-19(28-15)16-5-1-2-6-17(16)20(26)27/h1-2,5-10,14H,3-4,11-13H2,(H,26,27)(H2,22,23,24)/t14-/m0/s1. The lowest BCUT2D eigenvalue weighted by atomic mass is 9.94. The van der Waals surface area contributed by atoms with Gasteiger partial charge in [-0.15, -0.1) is 0 Å². The Balaban J connectivity index is 1.48. The number of aromatic carboxylic acids is 1. The van der Waals surface area contributed by atoms with Gasteiger partial charge in [0.2, 0.25) is 5.95 Å². The van der Waals surface area contributed by atoms with Crippen LogP contribution in [0.3, 0.4) is 0 Å². The number of benzene rings is 1. The van der Waals surface area contributed by atoms with E-state index >= 15 is 0 Å². The van der Waals surface area contributed by atoms with E-state index in [-0.39, 0.29) is 5.56 Å². The van der Waals surface area contributed by atoms with Crippen molar-refractivity contribution in [3.63, 3.8) is 0 Å². The van der Waals surface area contributed by atoms with Crippen LogP contribution in [-0.4, -0.2) is 39.0 Å². The summed E-state index contributed by atoms with van der Waals surface area (Å²) in [4.78, 5) is 22.1. The molecule has 144 valence electrons. The molecule has 2 aromatic heterocycles. The first-order valence-corrected chi connectivity index (χ1v) is 9.32. The Morgan fingerprint density at radius 1 is 1.25 bits per heavy atom. The van der Waals surface area contributed by atoms with Crippen molar-refractivity contribution in [3.8, 4) is 11.3 Å². The summed E-state index contributed by atoms with van der Waals surface area (Å²) in [6.45, 7) is 2.53. The van der Waals surface area contributed by atoms with E-state index in [1.807, 2.05) is 24.3 Å². The molecule has 4 rings (SSSR count). The third kappa shape index (κ3) is 3.89. The number of carboxylic acids is 1. The van der Waals surface area contributed by atoms with Gasteiger partial charge in [0.25, 0.3) is 0 Å². The first-order valence-electron chi connectivity index (χ1n) is 9.32. The van der Waals surface area contributed by atoms with Gasteiger partial charge in [-0.1, -0.05) is 18.2 Å². The number of nitrogens with two attached hydrogens (primary N) is 1.